The molecule has 0 saturated heterocycles. The summed E-state index contributed by atoms with van der Waals surface area (Å²) in [5.74, 6) is 2.01. The van der Waals surface area contributed by atoms with Gasteiger partial charge in [0, 0.05) is 36.9 Å². The molecule has 7 aromatic carbocycles. The highest BCUT2D eigenvalue weighted by Crippen LogP contribution is 2.46. The van der Waals surface area contributed by atoms with Gasteiger partial charge in [-0.25, -0.2) is 15.0 Å². The monoisotopic (exact) mass is 565 g/mol. The summed E-state index contributed by atoms with van der Waals surface area (Å²) in [5, 5.41) is 9.97. The number of fused-ring (bicyclic) bond motifs is 9. The molecule has 0 atom stereocenters. The summed E-state index contributed by atoms with van der Waals surface area (Å²) in [7, 11) is 0. The lowest BCUT2D eigenvalue weighted by Gasteiger charge is -2.13. The van der Waals surface area contributed by atoms with Gasteiger partial charge in [-0.15, -0.1) is 11.3 Å². The van der Waals surface area contributed by atoms with E-state index >= 15 is 0 Å². The number of hydrogen-bond acceptors (Lipinski definition) is 4. The minimum Gasteiger partial charge on any atom is -0.208 e. The fourth-order valence-electron chi connectivity index (χ4n) is 6.29. The Hall–Kier alpha value is -5.45. The maximum atomic E-state index is 5.12. The summed E-state index contributed by atoms with van der Waals surface area (Å²) in [6.07, 6.45) is 0. The van der Waals surface area contributed by atoms with Crippen LogP contribution in [-0.4, -0.2) is 15.0 Å². The van der Waals surface area contributed by atoms with Crippen molar-refractivity contribution in [3.05, 3.63) is 140 Å². The van der Waals surface area contributed by atoms with Gasteiger partial charge in [-0.3, -0.25) is 0 Å². The van der Waals surface area contributed by atoms with E-state index < -0.39 is 0 Å². The van der Waals surface area contributed by atoms with Gasteiger partial charge in [-0.1, -0.05) is 133 Å². The van der Waals surface area contributed by atoms with Gasteiger partial charge in [0.15, 0.2) is 17.5 Å². The Morgan fingerprint density at radius 3 is 1.60 bits per heavy atom. The normalized spacial score (nSPS) is 11.7. The zero-order valence-corrected chi connectivity index (χ0v) is 23.8. The molecular formula is C39H23N3S. The average molecular weight is 566 g/mol. The molecule has 43 heavy (non-hydrogen) atoms. The molecule has 200 valence electrons. The second kappa shape index (κ2) is 9.55. The van der Waals surface area contributed by atoms with Crippen molar-refractivity contribution in [2.45, 2.75) is 0 Å². The molecule has 0 N–H and O–H groups in total. The van der Waals surface area contributed by atoms with E-state index in [2.05, 4.69) is 103 Å². The molecule has 0 fully saturated rings. The van der Waals surface area contributed by atoms with Crippen LogP contribution in [0.25, 0.3) is 86.7 Å². The third-order valence-electron chi connectivity index (χ3n) is 8.29. The number of hydrogen-bond donors (Lipinski definition) is 0. The lowest BCUT2D eigenvalue weighted by molar-refractivity contribution is 1.08. The van der Waals surface area contributed by atoms with Gasteiger partial charge < -0.3 is 0 Å². The van der Waals surface area contributed by atoms with Crippen LogP contribution in [0.5, 0.6) is 0 Å². The number of nitrogens with zero attached hydrogens (tertiary/aromatic N) is 3. The van der Waals surface area contributed by atoms with E-state index in [4.69, 9.17) is 15.0 Å². The highest BCUT2D eigenvalue weighted by atomic mass is 32.1. The summed E-state index contributed by atoms with van der Waals surface area (Å²) >= 11 is 1.85. The minimum absolute atomic E-state index is 0.667. The SMILES string of the molecule is c1ccc(-c2nc(-c3ccccc3)nc(-c3cc4sc5c6ccccc6ccc5c4c4c3ccc3ccccc34)n2)cc1. The molecule has 0 unspecified atom stereocenters. The van der Waals surface area contributed by atoms with Crippen LogP contribution in [0.1, 0.15) is 0 Å². The maximum Gasteiger partial charge on any atom is 0.164 e. The highest BCUT2D eigenvalue weighted by molar-refractivity contribution is 7.27. The lowest BCUT2D eigenvalue weighted by atomic mass is 9.93. The second-order valence-corrected chi connectivity index (χ2v) is 11.9. The number of benzene rings is 7. The molecular weight excluding hydrogens is 543 g/mol. The third-order valence-corrected chi connectivity index (χ3v) is 9.48. The van der Waals surface area contributed by atoms with Crippen molar-refractivity contribution < 1.29 is 0 Å². The molecule has 3 nitrogen and oxygen atoms in total. The first-order valence-corrected chi connectivity index (χ1v) is 15.2. The Labute approximate surface area is 251 Å². The fraction of sp³-hybridized carbons (Fsp3) is 0. The fourth-order valence-corrected chi connectivity index (χ4v) is 7.58. The molecule has 9 rings (SSSR count). The molecule has 0 amide bonds. The molecule has 9 aromatic rings. The average Bonchev–Trinajstić information content (AvgIpc) is 3.47. The molecule has 2 heterocycles. The number of aromatic nitrogens is 3. The van der Waals surface area contributed by atoms with Crippen molar-refractivity contribution in [2.75, 3.05) is 0 Å². The first kappa shape index (κ1) is 24.2. The van der Waals surface area contributed by atoms with Crippen molar-refractivity contribution in [1.82, 2.24) is 15.0 Å². The van der Waals surface area contributed by atoms with Crippen LogP contribution >= 0.6 is 11.3 Å². The van der Waals surface area contributed by atoms with Crippen LogP contribution in [0.15, 0.2) is 140 Å². The minimum atomic E-state index is 0.667. The van der Waals surface area contributed by atoms with Gasteiger partial charge >= 0.3 is 0 Å². The molecule has 0 saturated carbocycles. The van der Waals surface area contributed by atoms with E-state index in [1.54, 1.807) is 0 Å². The van der Waals surface area contributed by atoms with Crippen LogP contribution in [0.2, 0.25) is 0 Å². The molecule has 0 aliphatic heterocycles. The van der Waals surface area contributed by atoms with Crippen molar-refractivity contribution in [3.8, 4) is 34.2 Å². The highest BCUT2D eigenvalue weighted by Gasteiger charge is 2.20. The van der Waals surface area contributed by atoms with E-state index in [0.717, 1.165) is 22.1 Å². The summed E-state index contributed by atoms with van der Waals surface area (Å²) in [4.78, 5) is 15.2. The van der Waals surface area contributed by atoms with Gasteiger partial charge in [0.25, 0.3) is 0 Å². The van der Waals surface area contributed by atoms with E-state index in [1.165, 1.54) is 47.1 Å². The van der Waals surface area contributed by atoms with Crippen LogP contribution in [0, 0.1) is 0 Å². The first-order chi connectivity index (χ1) is 21.3. The number of rotatable bonds is 3. The first-order valence-electron chi connectivity index (χ1n) is 14.4. The Bertz CT molecular complexity index is 2440. The molecule has 0 spiro atoms. The van der Waals surface area contributed by atoms with E-state index in [9.17, 15) is 0 Å². The lowest BCUT2D eigenvalue weighted by Crippen LogP contribution is -2.00. The van der Waals surface area contributed by atoms with E-state index in [1.807, 2.05) is 47.7 Å². The van der Waals surface area contributed by atoms with E-state index in [0.29, 0.717) is 17.5 Å². The Morgan fingerprint density at radius 2 is 0.930 bits per heavy atom. The van der Waals surface area contributed by atoms with Crippen LogP contribution < -0.4 is 0 Å². The van der Waals surface area contributed by atoms with Gasteiger partial charge in [-0.05, 0) is 38.4 Å². The standard InChI is InChI=1S/C39H23N3S/c1-3-13-26(14-4-1)37-40-38(27-15-5-2-6-16-27)42-39(41-37)32-23-33-35(34-28-17-9-7-11-24(28)19-21-30(32)34)31-22-20-25-12-8-10-18-29(25)36(31)43-33/h1-23H. The zero-order chi connectivity index (χ0) is 28.3. The third kappa shape index (κ3) is 3.84. The van der Waals surface area contributed by atoms with Gasteiger partial charge in [-0.2, -0.15) is 0 Å². The summed E-state index contributed by atoms with van der Waals surface area (Å²) in [6.45, 7) is 0. The maximum absolute atomic E-state index is 5.12. The molecule has 0 bridgehead atoms. The summed E-state index contributed by atoms with van der Waals surface area (Å²) in [5.41, 5.74) is 2.95. The molecule has 0 aliphatic carbocycles. The predicted molar refractivity (Wildman–Crippen MR) is 182 cm³/mol. The Morgan fingerprint density at radius 1 is 0.395 bits per heavy atom. The van der Waals surface area contributed by atoms with Gasteiger partial charge in [0.1, 0.15) is 0 Å². The van der Waals surface area contributed by atoms with Crippen molar-refractivity contribution >= 4 is 63.8 Å². The van der Waals surface area contributed by atoms with Crippen molar-refractivity contribution in [3.63, 3.8) is 0 Å². The Balaban J connectivity index is 1.43. The van der Waals surface area contributed by atoms with Crippen LogP contribution in [0.4, 0.5) is 0 Å². The quantitative estimate of drug-likeness (QED) is 0.200. The topological polar surface area (TPSA) is 38.7 Å². The number of thiophene rings is 1. The summed E-state index contributed by atoms with van der Waals surface area (Å²) in [6, 6.07) is 49.0. The molecule has 0 aliphatic rings. The van der Waals surface area contributed by atoms with Crippen LogP contribution in [0.3, 0.4) is 0 Å². The van der Waals surface area contributed by atoms with Gasteiger partial charge in [0.05, 0.1) is 0 Å². The smallest absolute Gasteiger partial charge is 0.164 e. The van der Waals surface area contributed by atoms with E-state index in [-0.39, 0.29) is 0 Å². The van der Waals surface area contributed by atoms with Crippen molar-refractivity contribution in [1.29, 1.82) is 0 Å². The van der Waals surface area contributed by atoms with Crippen LogP contribution in [-0.2, 0) is 0 Å². The molecule has 2 aromatic heterocycles. The zero-order valence-electron chi connectivity index (χ0n) is 23.0. The summed E-state index contributed by atoms with van der Waals surface area (Å²) < 4.78 is 2.54. The molecule has 4 heteroatoms. The predicted octanol–water partition coefficient (Wildman–Crippen LogP) is 10.7. The molecule has 0 radical (unpaired) electrons. The Kier molecular flexibility index (Phi) is 5.37. The van der Waals surface area contributed by atoms with Gasteiger partial charge in [0.2, 0.25) is 0 Å². The van der Waals surface area contributed by atoms with Crippen molar-refractivity contribution in [2.24, 2.45) is 0 Å². The second-order valence-electron chi connectivity index (χ2n) is 10.8. The largest absolute Gasteiger partial charge is 0.208 e.